The molecule has 0 heterocycles. The Kier molecular flexibility index (Phi) is 5.44. The zero-order valence-corrected chi connectivity index (χ0v) is 12.7. The third-order valence-corrected chi connectivity index (χ3v) is 3.82. The molecule has 0 spiro atoms. The molecule has 0 aliphatic rings. The highest BCUT2D eigenvalue weighted by molar-refractivity contribution is 6.36. The standard InChI is InChI=1S/C16H16Cl2O2/c1-20-10-9-11-5-7-12(8-6-11)16(19)15-13(17)3-2-4-14(15)18/h2-8,16,19H,9-10H2,1H3. The van der Waals surface area contributed by atoms with Gasteiger partial charge in [-0.05, 0) is 29.7 Å². The van der Waals surface area contributed by atoms with Crippen LogP contribution in [0.4, 0.5) is 0 Å². The van der Waals surface area contributed by atoms with E-state index in [1.807, 2.05) is 24.3 Å². The van der Waals surface area contributed by atoms with Gasteiger partial charge in [0.15, 0.2) is 0 Å². The Labute approximate surface area is 128 Å². The van der Waals surface area contributed by atoms with Gasteiger partial charge in [0.25, 0.3) is 0 Å². The molecular formula is C16H16Cl2O2. The van der Waals surface area contributed by atoms with Crippen LogP contribution >= 0.6 is 23.2 Å². The Balaban J connectivity index is 2.23. The van der Waals surface area contributed by atoms with Crippen molar-refractivity contribution < 1.29 is 9.84 Å². The second-order valence-electron chi connectivity index (χ2n) is 4.52. The molecule has 20 heavy (non-hydrogen) atoms. The Hall–Kier alpha value is -1.06. The van der Waals surface area contributed by atoms with E-state index < -0.39 is 6.10 Å². The van der Waals surface area contributed by atoms with Crippen molar-refractivity contribution in [1.82, 2.24) is 0 Å². The van der Waals surface area contributed by atoms with E-state index in [9.17, 15) is 5.11 Å². The van der Waals surface area contributed by atoms with E-state index in [1.165, 1.54) is 0 Å². The zero-order valence-electron chi connectivity index (χ0n) is 11.1. The summed E-state index contributed by atoms with van der Waals surface area (Å²) in [5, 5.41) is 11.4. The number of halogens is 2. The molecule has 0 aliphatic heterocycles. The number of hydrogen-bond acceptors (Lipinski definition) is 2. The smallest absolute Gasteiger partial charge is 0.107 e. The molecule has 2 aromatic rings. The van der Waals surface area contributed by atoms with Crippen LogP contribution in [0.15, 0.2) is 42.5 Å². The highest BCUT2D eigenvalue weighted by Gasteiger charge is 2.17. The van der Waals surface area contributed by atoms with Gasteiger partial charge in [-0.2, -0.15) is 0 Å². The van der Waals surface area contributed by atoms with Crippen LogP contribution in [0.1, 0.15) is 22.8 Å². The first-order chi connectivity index (χ1) is 9.63. The summed E-state index contributed by atoms with van der Waals surface area (Å²) in [5.41, 5.74) is 2.47. The summed E-state index contributed by atoms with van der Waals surface area (Å²) in [7, 11) is 1.68. The summed E-state index contributed by atoms with van der Waals surface area (Å²) < 4.78 is 5.04. The molecule has 0 fully saturated rings. The lowest BCUT2D eigenvalue weighted by Crippen LogP contribution is -2.02. The van der Waals surface area contributed by atoms with E-state index in [4.69, 9.17) is 27.9 Å². The van der Waals surface area contributed by atoms with E-state index in [0.29, 0.717) is 22.2 Å². The second kappa shape index (κ2) is 7.09. The fourth-order valence-corrected chi connectivity index (χ4v) is 2.63. The quantitative estimate of drug-likeness (QED) is 0.894. The summed E-state index contributed by atoms with van der Waals surface area (Å²) in [4.78, 5) is 0. The van der Waals surface area contributed by atoms with Crippen molar-refractivity contribution in [2.75, 3.05) is 13.7 Å². The van der Waals surface area contributed by atoms with E-state index in [1.54, 1.807) is 25.3 Å². The van der Waals surface area contributed by atoms with E-state index in [0.717, 1.165) is 17.5 Å². The van der Waals surface area contributed by atoms with Crippen molar-refractivity contribution in [2.24, 2.45) is 0 Å². The minimum atomic E-state index is -0.826. The molecule has 0 saturated carbocycles. The summed E-state index contributed by atoms with van der Waals surface area (Å²) in [6, 6.07) is 12.9. The summed E-state index contributed by atoms with van der Waals surface area (Å²) >= 11 is 12.2. The molecule has 2 nitrogen and oxygen atoms in total. The predicted octanol–water partition coefficient (Wildman–Crippen LogP) is 4.26. The van der Waals surface area contributed by atoms with Gasteiger partial charge in [-0.3, -0.25) is 0 Å². The summed E-state index contributed by atoms with van der Waals surface area (Å²) in [6.07, 6.45) is 0.0207. The molecule has 2 aromatic carbocycles. The topological polar surface area (TPSA) is 29.5 Å². The number of aliphatic hydroxyl groups is 1. The van der Waals surface area contributed by atoms with Crippen LogP contribution in [0.3, 0.4) is 0 Å². The van der Waals surface area contributed by atoms with Crippen LogP contribution in [0, 0.1) is 0 Å². The highest BCUT2D eigenvalue weighted by atomic mass is 35.5. The van der Waals surface area contributed by atoms with Gasteiger partial charge in [-0.15, -0.1) is 0 Å². The highest BCUT2D eigenvalue weighted by Crippen LogP contribution is 2.33. The average Bonchev–Trinajstić information content (AvgIpc) is 2.45. The van der Waals surface area contributed by atoms with Gasteiger partial charge in [-0.1, -0.05) is 53.5 Å². The Morgan fingerprint density at radius 1 is 1.05 bits per heavy atom. The van der Waals surface area contributed by atoms with Crippen LogP contribution in [0.25, 0.3) is 0 Å². The monoisotopic (exact) mass is 310 g/mol. The van der Waals surface area contributed by atoms with Gasteiger partial charge in [-0.25, -0.2) is 0 Å². The third kappa shape index (κ3) is 3.53. The van der Waals surface area contributed by atoms with Crippen LogP contribution in [0.2, 0.25) is 10.0 Å². The fraction of sp³-hybridized carbons (Fsp3) is 0.250. The average molecular weight is 311 g/mol. The minimum absolute atomic E-state index is 0.466. The molecule has 1 unspecified atom stereocenters. The molecule has 0 bridgehead atoms. The Morgan fingerprint density at radius 2 is 1.65 bits per heavy atom. The first-order valence-electron chi connectivity index (χ1n) is 6.33. The number of hydrogen-bond donors (Lipinski definition) is 1. The van der Waals surface area contributed by atoms with Gasteiger partial charge < -0.3 is 9.84 Å². The maximum atomic E-state index is 10.4. The molecule has 106 valence electrons. The van der Waals surface area contributed by atoms with Gasteiger partial charge in [0.05, 0.1) is 6.61 Å². The van der Waals surface area contributed by atoms with Crippen LogP contribution in [-0.2, 0) is 11.2 Å². The lowest BCUT2D eigenvalue weighted by molar-refractivity contribution is 0.202. The molecular weight excluding hydrogens is 295 g/mol. The maximum absolute atomic E-state index is 10.4. The predicted molar refractivity (Wildman–Crippen MR) is 82.5 cm³/mol. The SMILES string of the molecule is COCCc1ccc(C(O)c2c(Cl)cccc2Cl)cc1. The number of aliphatic hydroxyl groups excluding tert-OH is 1. The first-order valence-corrected chi connectivity index (χ1v) is 7.09. The van der Waals surface area contributed by atoms with Crippen LogP contribution in [-0.4, -0.2) is 18.8 Å². The largest absolute Gasteiger partial charge is 0.384 e. The second-order valence-corrected chi connectivity index (χ2v) is 5.34. The van der Waals surface area contributed by atoms with E-state index in [2.05, 4.69) is 0 Å². The van der Waals surface area contributed by atoms with E-state index >= 15 is 0 Å². The number of methoxy groups -OCH3 is 1. The fourth-order valence-electron chi connectivity index (χ4n) is 2.03. The number of ether oxygens (including phenoxy) is 1. The first kappa shape index (κ1) is 15.3. The molecule has 0 amide bonds. The third-order valence-electron chi connectivity index (χ3n) is 3.16. The van der Waals surface area contributed by atoms with Crippen molar-refractivity contribution >= 4 is 23.2 Å². The molecule has 4 heteroatoms. The van der Waals surface area contributed by atoms with Crippen molar-refractivity contribution in [1.29, 1.82) is 0 Å². The van der Waals surface area contributed by atoms with Crippen LogP contribution < -0.4 is 0 Å². The summed E-state index contributed by atoms with van der Waals surface area (Å²) in [5.74, 6) is 0. The lowest BCUT2D eigenvalue weighted by Gasteiger charge is -2.15. The number of benzene rings is 2. The van der Waals surface area contributed by atoms with Gasteiger partial charge in [0.1, 0.15) is 6.10 Å². The van der Waals surface area contributed by atoms with Crippen molar-refractivity contribution in [3.63, 3.8) is 0 Å². The molecule has 0 aliphatic carbocycles. The van der Waals surface area contributed by atoms with E-state index in [-0.39, 0.29) is 0 Å². The van der Waals surface area contributed by atoms with Crippen molar-refractivity contribution in [3.8, 4) is 0 Å². The molecule has 1 N–H and O–H groups in total. The zero-order chi connectivity index (χ0) is 14.5. The molecule has 0 radical (unpaired) electrons. The van der Waals surface area contributed by atoms with Gasteiger partial charge in [0.2, 0.25) is 0 Å². The summed E-state index contributed by atoms with van der Waals surface area (Å²) in [6.45, 7) is 0.679. The number of rotatable bonds is 5. The minimum Gasteiger partial charge on any atom is -0.384 e. The molecule has 2 rings (SSSR count). The molecule has 1 atom stereocenters. The van der Waals surface area contributed by atoms with Gasteiger partial charge in [0, 0.05) is 22.7 Å². The molecule has 0 saturated heterocycles. The Bertz CT molecular complexity index is 547. The maximum Gasteiger partial charge on any atom is 0.107 e. The molecule has 0 aromatic heterocycles. The Morgan fingerprint density at radius 3 is 2.20 bits per heavy atom. The van der Waals surface area contributed by atoms with Crippen LogP contribution in [0.5, 0.6) is 0 Å². The van der Waals surface area contributed by atoms with Crippen molar-refractivity contribution in [2.45, 2.75) is 12.5 Å². The van der Waals surface area contributed by atoms with Crippen molar-refractivity contribution in [3.05, 3.63) is 69.2 Å². The lowest BCUT2D eigenvalue weighted by atomic mass is 9.99. The van der Waals surface area contributed by atoms with Gasteiger partial charge >= 0.3 is 0 Å². The normalized spacial score (nSPS) is 12.4.